The fourth-order valence-corrected chi connectivity index (χ4v) is 2.38. The lowest BCUT2D eigenvalue weighted by Gasteiger charge is -2.19. The Labute approximate surface area is 200 Å². The second kappa shape index (κ2) is 16.7. The molecule has 3 N–H and O–H groups in total. The molecule has 0 aliphatic carbocycles. The first-order chi connectivity index (χ1) is 16.8. The van der Waals surface area contributed by atoms with Crippen molar-refractivity contribution in [2.75, 3.05) is 52.7 Å². The third-order valence-corrected chi connectivity index (χ3v) is 3.91. The highest BCUT2D eigenvalue weighted by Crippen LogP contribution is 2.12. The van der Waals surface area contributed by atoms with E-state index in [1.165, 1.54) is 0 Å². The van der Waals surface area contributed by atoms with E-state index in [0.717, 1.165) is 0 Å². The molecule has 0 aromatic rings. The molecule has 1 saturated heterocycles. The molecular weight excluding hydrogens is 476 g/mol. The van der Waals surface area contributed by atoms with E-state index in [9.17, 15) is 28.8 Å². The third-order valence-electron chi connectivity index (χ3n) is 3.91. The predicted molar refractivity (Wildman–Crippen MR) is 113 cm³/mol. The number of ether oxygens (including phenoxy) is 5. The van der Waals surface area contributed by atoms with Crippen LogP contribution in [0.25, 0.3) is 0 Å². The van der Waals surface area contributed by atoms with Crippen LogP contribution in [-0.4, -0.2) is 100 Å². The molecule has 1 aliphatic heterocycles. The van der Waals surface area contributed by atoms with Crippen LogP contribution in [0.5, 0.6) is 0 Å². The normalized spacial score (nSPS) is 12.7. The van der Waals surface area contributed by atoms with Gasteiger partial charge in [-0.15, -0.1) is 0 Å². The molecule has 16 nitrogen and oxygen atoms in total. The second-order valence-electron chi connectivity index (χ2n) is 6.54. The zero-order chi connectivity index (χ0) is 26.1. The van der Waals surface area contributed by atoms with Crippen molar-refractivity contribution in [3.8, 4) is 0 Å². The minimum absolute atomic E-state index is 0.0311. The first-order valence-corrected chi connectivity index (χ1v) is 10.8. The summed E-state index contributed by atoms with van der Waals surface area (Å²) in [5.41, 5.74) is 0. The van der Waals surface area contributed by atoms with Crippen molar-refractivity contribution in [1.82, 2.24) is 21.0 Å². The lowest BCUT2D eigenvalue weighted by Crippen LogP contribution is -2.44. The van der Waals surface area contributed by atoms with Crippen LogP contribution in [0, 0.1) is 0 Å². The summed E-state index contributed by atoms with van der Waals surface area (Å²) in [4.78, 5) is 73.5. The van der Waals surface area contributed by atoms with E-state index in [2.05, 4.69) is 25.5 Å². The molecule has 35 heavy (non-hydrogen) atoms. The summed E-state index contributed by atoms with van der Waals surface area (Å²) in [5.74, 6) is -1.26. The molecule has 0 saturated carbocycles. The zero-order valence-electron chi connectivity index (χ0n) is 19.5. The Morgan fingerprint density at radius 3 is 1.91 bits per heavy atom. The van der Waals surface area contributed by atoms with Gasteiger partial charge in [0.15, 0.2) is 0 Å². The topological polar surface area (TPSA) is 197 Å². The number of amides is 5. The van der Waals surface area contributed by atoms with Crippen molar-refractivity contribution in [2.45, 2.75) is 32.8 Å². The molecule has 5 amide bonds. The summed E-state index contributed by atoms with van der Waals surface area (Å²) in [6, 6.07) is 0. The van der Waals surface area contributed by atoms with Crippen LogP contribution in [-0.2, 0) is 38.1 Å². The van der Waals surface area contributed by atoms with Crippen LogP contribution in [0.2, 0.25) is 0 Å². The first-order valence-electron chi connectivity index (χ1n) is 10.8. The van der Waals surface area contributed by atoms with E-state index in [-0.39, 0.29) is 65.5 Å². The first kappa shape index (κ1) is 29.2. The average molecular weight is 506 g/mol. The maximum absolute atomic E-state index is 12.0. The van der Waals surface area contributed by atoms with Crippen molar-refractivity contribution in [3.05, 3.63) is 0 Å². The third kappa shape index (κ3) is 12.9. The number of hydrogen-bond acceptors (Lipinski definition) is 12. The lowest BCUT2D eigenvalue weighted by molar-refractivity contribution is -0.177. The fourth-order valence-electron chi connectivity index (χ4n) is 2.38. The predicted octanol–water partition coefficient (Wildman–Crippen LogP) is -0.193. The van der Waals surface area contributed by atoms with Crippen molar-refractivity contribution < 1.29 is 57.3 Å². The largest absolute Gasteiger partial charge is 0.534 e. The van der Waals surface area contributed by atoms with Gasteiger partial charge in [0, 0.05) is 19.4 Å². The number of nitrogens with one attached hydrogen (secondary N) is 3. The minimum Gasteiger partial charge on any atom is -0.450 e. The summed E-state index contributed by atoms with van der Waals surface area (Å²) < 4.78 is 24.4. The number of rotatable bonds is 14. The molecule has 0 aromatic heterocycles. The number of carbonyl (C=O) groups excluding carboxylic acids is 6. The Bertz CT molecular complexity index is 709. The number of alkyl carbamates (subject to hydrolysis) is 3. The Balaban J connectivity index is 2.22. The maximum Gasteiger partial charge on any atom is 0.534 e. The van der Waals surface area contributed by atoms with Gasteiger partial charge in [0.05, 0.1) is 39.5 Å². The maximum atomic E-state index is 12.0. The fraction of sp³-hybridized carbons (Fsp3) is 0.684. The van der Waals surface area contributed by atoms with E-state index in [0.29, 0.717) is 5.06 Å². The van der Waals surface area contributed by atoms with E-state index in [4.69, 9.17) is 18.9 Å². The van der Waals surface area contributed by atoms with Gasteiger partial charge in [-0.1, -0.05) is 5.06 Å². The summed E-state index contributed by atoms with van der Waals surface area (Å²) in [5, 5.41) is 7.56. The van der Waals surface area contributed by atoms with Crippen molar-refractivity contribution >= 4 is 36.2 Å². The Morgan fingerprint density at radius 2 is 1.37 bits per heavy atom. The molecular formula is C19H30N4O12. The van der Waals surface area contributed by atoms with Gasteiger partial charge in [0.25, 0.3) is 11.8 Å². The van der Waals surface area contributed by atoms with Gasteiger partial charge in [0.2, 0.25) is 0 Å². The van der Waals surface area contributed by atoms with E-state index < -0.39 is 42.4 Å². The minimum atomic E-state index is -1.22. The van der Waals surface area contributed by atoms with Crippen LogP contribution >= 0.6 is 0 Å². The van der Waals surface area contributed by atoms with Crippen LogP contribution in [0.1, 0.15) is 26.7 Å². The van der Waals surface area contributed by atoms with Gasteiger partial charge in [0.1, 0.15) is 12.7 Å². The molecule has 0 radical (unpaired) electrons. The van der Waals surface area contributed by atoms with Gasteiger partial charge < -0.3 is 39.6 Å². The molecule has 1 aliphatic rings. The number of hydroxylamine groups is 2. The van der Waals surface area contributed by atoms with Gasteiger partial charge in [-0.3, -0.25) is 14.4 Å². The molecule has 0 aromatic carbocycles. The van der Waals surface area contributed by atoms with Crippen molar-refractivity contribution in [2.24, 2.45) is 0 Å². The number of imide groups is 1. The molecule has 16 heteroatoms. The molecule has 0 atom stereocenters. The SMILES string of the molecule is CCOC(=O)NCC(CNC(=O)OCC)OC(=O)NCCOCCOC(=O)ON1C(=O)CCC1=O. The zero-order valence-corrected chi connectivity index (χ0v) is 19.5. The van der Waals surface area contributed by atoms with Crippen LogP contribution in [0.4, 0.5) is 19.2 Å². The van der Waals surface area contributed by atoms with Crippen LogP contribution in [0.15, 0.2) is 0 Å². The van der Waals surface area contributed by atoms with Gasteiger partial charge in [-0.05, 0) is 13.8 Å². The molecule has 0 bridgehead atoms. The second-order valence-corrected chi connectivity index (χ2v) is 6.54. The Morgan fingerprint density at radius 1 is 0.800 bits per heavy atom. The van der Waals surface area contributed by atoms with Crippen molar-refractivity contribution in [1.29, 1.82) is 0 Å². The number of carbonyl (C=O) groups is 6. The molecule has 1 fully saturated rings. The Kier molecular flexibility index (Phi) is 14.0. The number of nitrogens with zero attached hydrogens (tertiary/aromatic N) is 1. The number of hydrogen-bond donors (Lipinski definition) is 3. The highest BCUT2D eigenvalue weighted by molar-refractivity contribution is 6.01. The van der Waals surface area contributed by atoms with E-state index >= 15 is 0 Å². The molecule has 1 rings (SSSR count). The van der Waals surface area contributed by atoms with Gasteiger partial charge in [-0.25, -0.2) is 19.2 Å². The standard InChI is InChI=1S/C19H30N4O12/c1-3-31-16(26)21-11-13(12-22-17(27)32-4-2)34-18(28)20-7-8-30-9-10-33-19(29)35-23-14(24)5-6-15(23)25/h13H,3-12H2,1-2H3,(H,20,28)(H,21,26)(H,22,27). The summed E-state index contributed by atoms with van der Waals surface area (Å²) >= 11 is 0. The lowest BCUT2D eigenvalue weighted by atomic mass is 10.3. The average Bonchev–Trinajstić information content (AvgIpc) is 3.12. The smallest absolute Gasteiger partial charge is 0.450 e. The monoisotopic (exact) mass is 506 g/mol. The summed E-state index contributed by atoms with van der Waals surface area (Å²) in [6.45, 7) is 3.10. The van der Waals surface area contributed by atoms with Gasteiger partial charge in [-0.2, -0.15) is 0 Å². The highest BCUT2D eigenvalue weighted by atomic mass is 16.8. The molecule has 0 spiro atoms. The molecule has 1 heterocycles. The molecule has 198 valence electrons. The van der Waals surface area contributed by atoms with Crippen LogP contribution in [0.3, 0.4) is 0 Å². The van der Waals surface area contributed by atoms with Gasteiger partial charge >= 0.3 is 24.4 Å². The van der Waals surface area contributed by atoms with E-state index in [1.807, 2.05) is 0 Å². The summed E-state index contributed by atoms with van der Waals surface area (Å²) in [7, 11) is 0. The quantitative estimate of drug-likeness (QED) is 0.122. The van der Waals surface area contributed by atoms with E-state index in [1.54, 1.807) is 13.8 Å². The summed E-state index contributed by atoms with van der Waals surface area (Å²) in [6.07, 6.45) is -4.47. The molecule has 0 unspecified atom stereocenters. The van der Waals surface area contributed by atoms with Crippen molar-refractivity contribution in [3.63, 3.8) is 0 Å². The Hall–Kier alpha value is -3.82. The highest BCUT2D eigenvalue weighted by Gasteiger charge is 2.33. The van der Waals surface area contributed by atoms with Crippen LogP contribution < -0.4 is 16.0 Å².